The quantitative estimate of drug-likeness (QED) is 0.186. The summed E-state index contributed by atoms with van der Waals surface area (Å²) in [7, 11) is 0. The predicted molar refractivity (Wildman–Crippen MR) is 114 cm³/mol. The summed E-state index contributed by atoms with van der Waals surface area (Å²) in [6, 6.07) is -1.33. The van der Waals surface area contributed by atoms with Gasteiger partial charge in [0, 0.05) is 19.4 Å². The van der Waals surface area contributed by atoms with Crippen LogP contribution in [0, 0.1) is 11.6 Å². The molecule has 35 heavy (non-hydrogen) atoms. The van der Waals surface area contributed by atoms with E-state index in [2.05, 4.69) is 20.6 Å². The molecule has 0 saturated carbocycles. The molecule has 2 fully saturated rings. The molecule has 4 atom stereocenters. The van der Waals surface area contributed by atoms with Crippen LogP contribution in [0.15, 0.2) is 28.2 Å². The Morgan fingerprint density at radius 3 is 2.57 bits per heavy atom. The summed E-state index contributed by atoms with van der Waals surface area (Å²) >= 11 is 0. The molecule has 3 amide bonds. The molecule has 0 radical (unpaired) electrons. The summed E-state index contributed by atoms with van der Waals surface area (Å²) < 4.78 is 27.7. The molecule has 4 heterocycles. The van der Waals surface area contributed by atoms with Gasteiger partial charge in [-0.05, 0) is 18.2 Å². The van der Waals surface area contributed by atoms with Crippen molar-refractivity contribution in [1.82, 2.24) is 20.4 Å². The Morgan fingerprint density at radius 2 is 1.89 bits per heavy atom. The Labute approximate surface area is 196 Å². The minimum Gasteiger partial charge on any atom is -0.370 e. The first-order valence-corrected chi connectivity index (χ1v) is 10.7. The van der Waals surface area contributed by atoms with Crippen molar-refractivity contribution in [2.75, 3.05) is 13.1 Å². The van der Waals surface area contributed by atoms with Crippen molar-refractivity contribution in [3.63, 3.8) is 0 Å². The SMILES string of the molecule is NC1=NC2[C@H](CN3C(=O)CCC3=O)N=C(N)N3CC(NC(=O)c4cc(F)ccc4F)C(O)(O)C23N1. The van der Waals surface area contributed by atoms with Crippen molar-refractivity contribution in [2.45, 2.75) is 42.4 Å². The number of nitrogens with one attached hydrogen (secondary N) is 2. The lowest BCUT2D eigenvalue weighted by atomic mass is 9.84. The molecule has 3 unspecified atom stereocenters. The Bertz CT molecular complexity index is 1190. The number of rotatable bonds is 4. The van der Waals surface area contributed by atoms with Crippen molar-refractivity contribution >= 4 is 29.6 Å². The lowest BCUT2D eigenvalue weighted by Gasteiger charge is -2.49. The number of benzene rings is 1. The number of amides is 3. The first-order chi connectivity index (χ1) is 16.5. The van der Waals surface area contributed by atoms with E-state index in [-0.39, 0.29) is 37.9 Å². The molecule has 0 bridgehead atoms. The molecule has 186 valence electrons. The van der Waals surface area contributed by atoms with Crippen LogP contribution in [0.25, 0.3) is 0 Å². The number of aliphatic imine (C=N–C) groups is 2. The average molecular weight is 492 g/mol. The van der Waals surface area contributed by atoms with Crippen LogP contribution >= 0.6 is 0 Å². The van der Waals surface area contributed by atoms with Gasteiger partial charge in [0.15, 0.2) is 17.6 Å². The van der Waals surface area contributed by atoms with Gasteiger partial charge in [0.2, 0.25) is 17.6 Å². The van der Waals surface area contributed by atoms with E-state index in [1.165, 1.54) is 4.90 Å². The summed E-state index contributed by atoms with van der Waals surface area (Å²) in [5.41, 5.74) is 9.44. The number of nitrogens with two attached hydrogens (primary N) is 2. The van der Waals surface area contributed by atoms with E-state index in [1.54, 1.807) is 0 Å². The van der Waals surface area contributed by atoms with Crippen molar-refractivity contribution in [3.05, 3.63) is 35.4 Å². The number of likely N-dealkylation sites (tertiary alicyclic amines) is 1. The number of carbonyl (C=O) groups is 3. The highest BCUT2D eigenvalue weighted by molar-refractivity contribution is 6.02. The van der Waals surface area contributed by atoms with E-state index in [0.29, 0.717) is 6.07 Å². The van der Waals surface area contributed by atoms with Crippen LogP contribution < -0.4 is 22.1 Å². The number of hydrogen-bond donors (Lipinski definition) is 6. The molecular weight excluding hydrogens is 470 g/mol. The van der Waals surface area contributed by atoms with Gasteiger partial charge < -0.3 is 37.2 Å². The minimum absolute atomic E-state index is 0.0467. The van der Waals surface area contributed by atoms with Crippen LogP contribution in [0.4, 0.5) is 8.78 Å². The third kappa shape index (κ3) is 3.22. The van der Waals surface area contributed by atoms with Crippen LogP contribution in [-0.2, 0) is 9.59 Å². The summed E-state index contributed by atoms with van der Waals surface area (Å²) in [5.74, 6) is -6.98. The molecule has 8 N–H and O–H groups in total. The maximum absolute atomic E-state index is 14.1. The Morgan fingerprint density at radius 1 is 1.20 bits per heavy atom. The fraction of sp³-hybridized carbons (Fsp3) is 0.450. The molecule has 0 aromatic heterocycles. The van der Waals surface area contributed by atoms with E-state index in [9.17, 15) is 33.4 Å². The zero-order valence-electron chi connectivity index (χ0n) is 18.1. The molecule has 1 aromatic rings. The molecule has 1 aromatic carbocycles. The van der Waals surface area contributed by atoms with Gasteiger partial charge >= 0.3 is 0 Å². The summed E-state index contributed by atoms with van der Waals surface area (Å²) in [6.07, 6.45) is 0.0933. The molecule has 0 aliphatic carbocycles. The van der Waals surface area contributed by atoms with Crippen molar-refractivity contribution in [1.29, 1.82) is 0 Å². The second-order valence-electron chi connectivity index (χ2n) is 8.79. The number of aliphatic hydroxyl groups is 2. The van der Waals surface area contributed by atoms with E-state index in [0.717, 1.165) is 17.0 Å². The maximum Gasteiger partial charge on any atom is 0.254 e. The lowest BCUT2D eigenvalue weighted by molar-refractivity contribution is -0.230. The standard InChI is InChI=1S/C20H22F2N8O5/c21-8-1-2-10(22)9(5-8)16(33)26-12-7-30-18(24)25-11(6-29-13(31)3-4-14(29)32)15-19(30,20(12,34)35)28-17(23)27-15/h1-2,5,11-12,15,34-35H,3-4,6-7H2,(H2,24,25)(H,26,33)(H3,23,27,28)/t11-,12?,15?,19?/m0/s1. The number of imide groups is 1. The summed E-state index contributed by atoms with van der Waals surface area (Å²) in [5, 5.41) is 27.7. The highest BCUT2D eigenvalue weighted by Crippen LogP contribution is 2.45. The summed E-state index contributed by atoms with van der Waals surface area (Å²) in [4.78, 5) is 47.8. The molecule has 2 saturated heterocycles. The van der Waals surface area contributed by atoms with E-state index in [1.807, 2.05) is 0 Å². The summed E-state index contributed by atoms with van der Waals surface area (Å²) in [6.45, 7) is -0.537. The highest BCUT2D eigenvalue weighted by Gasteiger charge is 2.73. The van der Waals surface area contributed by atoms with E-state index >= 15 is 0 Å². The number of nitrogens with zero attached hydrogens (tertiary/aromatic N) is 4. The van der Waals surface area contributed by atoms with Crippen LogP contribution in [0.1, 0.15) is 23.2 Å². The molecule has 4 aliphatic rings. The first kappa shape index (κ1) is 22.9. The van der Waals surface area contributed by atoms with Crippen LogP contribution in [0.3, 0.4) is 0 Å². The molecular formula is C20H22F2N8O5. The molecule has 1 spiro atoms. The topological polar surface area (TPSA) is 199 Å². The smallest absolute Gasteiger partial charge is 0.254 e. The Kier molecular flexibility index (Phi) is 4.96. The van der Waals surface area contributed by atoms with Gasteiger partial charge in [0.25, 0.3) is 5.91 Å². The lowest BCUT2D eigenvalue weighted by Crippen LogP contribution is -2.78. The van der Waals surface area contributed by atoms with Crippen LogP contribution in [0.2, 0.25) is 0 Å². The third-order valence-electron chi connectivity index (χ3n) is 6.80. The third-order valence-corrected chi connectivity index (χ3v) is 6.80. The molecule has 4 aliphatic heterocycles. The van der Waals surface area contributed by atoms with Gasteiger partial charge in [-0.3, -0.25) is 19.3 Å². The van der Waals surface area contributed by atoms with Crippen molar-refractivity contribution in [3.8, 4) is 0 Å². The van der Waals surface area contributed by atoms with Gasteiger partial charge in [0.1, 0.15) is 23.7 Å². The fourth-order valence-corrected chi connectivity index (χ4v) is 5.16. The second-order valence-corrected chi connectivity index (χ2v) is 8.79. The molecule has 13 nitrogen and oxygen atoms in total. The normalized spacial score (nSPS) is 31.0. The zero-order chi connectivity index (χ0) is 25.3. The molecule has 15 heteroatoms. The Balaban J connectivity index is 1.48. The average Bonchev–Trinajstić information content (AvgIpc) is 3.38. The first-order valence-electron chi connectivity index (χ1n) is 10.7. The van der Waals surface area contributed by atoms with E-state index < -0.39 is 64.5 Å². The van der Waals surface area contributed by atoms with Gasteiger partial charge in [-0.15, -0.1) is 0 Å². The van der Waals surface area contributed by atoms with E-state index in [4.69, 9.17) is 11.5 Å². The fourth-order valence-electron chi connectivity index (χ4n) is 5.16. The van der Waals surface area contributed by atoms with Gasteiger partial charge in [-0.2, -0.15) is 0 Å². The predicted octanol–water partition coefficient (Wildman–Crippen LogP) is -3.11. The number of guanidine groups is 2. The van der Waals surface area contributed by atoms with Gasteiger partial charge in [0.05, 0.1) is 18.2 Å². The van der Waals surface area contributed by atoms with Gasteiger partial charge in [-0.1, -0.05) is 0 Å². The van der Waals surface area contributed by atoms with Crippen molar-refractivity contribution in [2.24, 2.45) is 21.5 Å². The van der Waals surface area contributed by atoms with Crippen LogP contribution in [-0.4, -0.2) is 92.3 Å². The number of carbonyl (C=O) groups excluding carboxylic acids is 3. The minimum atomic E-state index is -2.82. The van der Waals surface area contributed by atoms with Crippen LogP contribution in [0.5, 0.6) is 0 Å². The van der Waals surface area contributed by atoms with Crippen molar-refractivity contribution < 1.29 is 33.4 Å². The second kappa shape index (κ2) is 7.58. The Hall–Kier alpha value is -3.85. The monoisotopic (exact) mass is 492 g/mol. The highest BCUT2D eigenvalue weighted by atomic mass is 19.1. The van der Waals surface area contributed by atoms with Gasteiger partial charge in [-0.25, -0.2) is 18.8 Å². The number of hydrogen-bond acceptors (Lipinski definition) is 11. The zero-order valence-corrected chi connectivity index (χ0v) is 18.1. The number of halogens is 2. The molecule has 5 rings (SSSR count). The maximum atomic E-state index is 14.1. The largest absolute Gasteiger partial charge is 0.370 e.